The maximum Gasteiger partial charge on any atom is 0.252 e. The molecule has 1 atom stereocenters. The van der Waals surface area contributed by atoms with Crippen LogP contribution in [0.1, 0.15) is 41.4 Å². The number of rotatable bonds is 6. The molecule has 0 saturated heterocycles. The van der Waals surface area contributed by atoms with Gasteiger partial charge in [0, 0.05) is 31.7 Å². The zero-order chi connectivity index (χ0) is 18.1. The lowest BCUT2D eigenvalue weighted by Crippen LogP contribution is -2.43. The van der Waals surface area contributed by atoms with E-state index in [1.54, 1.807) is 28.8 Å². The molecule has 138 valence electrons. The van der Waals surface area contributed by atoms with Gasteiger partial charge in [-0.05, 0) is 37.5 Å². The number of carbonyl (C=O) groups is 1. The summed E-state index contributed by atoms with van der Waals surface area (Å²) in [4.78, 5) is 16.1. The fourth-order valence-corrected chi connectivity index (χ4v) is 5.13. The maximum absolute atomic E-state index is 12.6. The summed E-state index contributed by atoms with van der Waals surface area (Å²) in [6.07, 6.45) is 6.95. The first-order valence-electron chi connectivity index (χ1n) is 8.75. The Labute approximate surface area is 152 Å². The average molecular weight is 375 g/mol. The van der Waals surface area contributed by atoms with Crippen LogP contribution in [0.15, 0.2) is 36.8 Å². The number of aromatic nitrogens is 3. The van der Waals surface area contributed by atoms with Crippen LogP contribution >= 0.6 is 0 Å². The zero-order valence-corrected chi connectivity index (χ0v) is 15.1. The van der Waals surface area contributed by atoms with Gasteiger partial charge in [-0.25, -0.2) is 8.42 Å². The maximum atomic E-state index is 12.6. The summed E-state index contributed by atoms with van der Waals surface area (Å²) >= 11 is 0. The average Bonchev–Trinajstić information content (AvgIpc) is 3.41. The van der Waals surface area contributed by atoms with Crippen LogP contribution < -0.4 is 5.32 Å². The Morgan fingerprint density at radius 1 is 1.27 bits per heavy atom. The van der Waals surface area contributed by atoms with Crippen molar-refractivity contribution in [3.63, 3.8) is 0 Å². The smallest absolute Gasteiger partial charge is 0.252 e. The van der Waals surface area contributed by atoms with Crippen LogP contribution in [0, 0.1) is 0 Å². The first-order valence-corrected chi connectivity index (χ1v) is 10.3. The van der Waals surface area contributed by atoms with Gasteiger partial charge in [0.2, 0.25) is 10.0 Å². The molecule has 2 aliphatic rings. The topological polar surface area (TPSA) is 97.2 Å². The third-order valence-corrected chi connectivity index (χ3v) is 7.16. The number of fused-ring (bicyclic) bond motifs is 1. The van der Waals surface area contributed by atoms with E-state index in [4.69, 9.17) is 0 Å². The van der Waals surface area contributed by atoms with Gasteiger partial charge in [-0.1, -0.05) is 0 Å². The fourth-order valence-electron chi connectivity index (χ4n) is 3.29. The molecule has 1 saturated carbocycles. The highest BCUT2D eigenvalue weighted by Crippen LogP contribution is 2.34. The fraction of sp³-hybridized carbons (Fsp3) is 0.471. The molecule has 1 aliphatic carbocycles. The van der Waals surface area contributed by atoms with Crippen LogP contribution in [0.5, 0.6) is 0 Å². The third kappa shape index (κ3) is 3.36. The van der Waals surface area contributed by atoms with E-state index < -0.39 is 10.0 Å². The van der Waals surface area contributed by atoms with Gasteiger partial charge in [-0.15, -0.1) is 0 Å². The predicted octanol–water partition coefficient (Wildman–Crippen LogP) is 0.947. The normalized spacial score (nSPS) is 20.5. The molecule has 8 nitrogen and oxygen atoms in total. The van der Waals surface area contributed by atoms with Crippen molar-refractivity contribution in [2.24, 2.45) is 0 Å². The second kappa shape index (κ2) is 6.81. The number of hydrogen-bond acceptors (Lipinski definition) is 5. The van der Waals surface area contributed by atoms with Crippen LogP contribution in [-0.4, -0.2) is 51.7 Å². The minimum atomic E-state index is -3.23. The molecular weight excluding hydrogens is 354 g/mol. The molecule has 1 N–H and O–H groups in total. The van der Waals surface area contributed by atoms with Crippen molar-refractivity contribution in [2.75, 3.05) is 13.1 Å². The van der Waals surface area contributed by atoms with E-state index in [2.05, 4.69) is 15.4 Å². The van der Waals surface area contributed by atoms with Crippen LogP contribution in [-0.2, 0) is 16.6 Å². The summed E-state index contributed by atoms with van der Waals surface area (Å²) in [6.45, 7) is 1.21. The number of pyridine rings is 1. The van der Waals surface area contributed by atoms with Crippen molar-refractivity contribution >= 4 is 15.9 Å². The standard InChI is InChI=1S/C17H21N5O3S/c23-17(13-2-1-7-18-10-13)19-8-5-14-11-21(26(24,25)16-3-4-16)12-15-6-9-20-22(14)15/h1-2,6-7,9-10,14,16H,3-5,8,11-12H2,(H,19,23). The van der Waals surface area contributed by atoms with Crippen LogP contribution in [0.2, 0.25) is 0 Å². The highest BCUT2D eigenvalue weighted by Gasteiger charge is 2.42. The van der Waals surface area contributed by atoms with Crippen molar-refractivity contribution in [3.8, 4) is 0 Å². The van der Waals surface area contributed by atoms with Crippen molar-refractivity contribution in [1.29, 1.82) is 0 Å². The molecule has 26 heavy (non-hydrogen) atoms. The van der Waals surface area contributed by atoms with Gasteiger partial charge in [-0.3, -0.25) is 14.5 Å². The number of sulfonamides is 1. The van der Waals surface area contributed by atoms with Gasteiger partial charge in [0.15, 0.2) is 0 Å². The monoisotopic (exact) mass is 375 g/mol. The zero-order valence-electron chi connectivity index (χ0n) is 14.3. The number of nitrogens with one attached hydrogen (secondary N) is 1. The number of carbonyl (C=O) groups excluding carboxylic acids is 1. The molecule has 4 rings (SSSR count). The summed E-state index contributed by atoms with van der Waals surface area (Å²) in [5, 5.41) is 6.99. The van der Waals surface area contributed by atoms with Gasteiger partial charge < -0.3 is 5.32 Å². The molecule has 1 amide bonds. The first kappa shape index (κ1) is 17.2. The molecule has 2 aromatic rings. The van der Waals surface area contributed by atoms with Crippen molar-refractivity contribution in [3.05, 3.63) is 48.0 Å². The SMILES string of the molecule is O=C(NCCC1CN(S(=O)(=O)C2CC2)Cc2ccnn21)c1cccnc1. The van der Waals surface area contributed by atoms with E-state index in [1.807, 2.05) is 10.7 Å². The molecule has 1 aliphatic heterocycles. The molecule has 9 heteroatoms. The lowest BCUT2D eigenvalue weighted by molar-refractivity contribution is 0.0949. The number of amides is 1. The van der Waals surface area contributed by atoms with Crippen LogP contribution in [0.25, 0.3) is 0 Å². The van der Waals surface area contributed by atoms with E-state index in [0.717, 1.165) is 18.5 Å². The summed E-state index contributed by atoms with van der Waals surface area (Å²) in [6, 6.07) is 5.19. The molecule has 3 heterocycles. The Morgan fingerprint density at radius 3 is 2.85 bits per heavy atom. The Balaban J connectivity index is 1.41. The Morgan fingerprint density at radius 2 is 2.12 bits per heavy atom. The van der Waals surface area contributed by atoms with Gasteiger partial charge in [0.05, 0.1) is 29.1 Å². The summed E-state index contributed by atoms with van der Waals surface area (Å²) in [5.74, 6) is -0.183. The molecule has 0 aromatic carbocycles. The van der Waals surface area contributed by atoms with E-state index >= 15 is 0 Å². The minimum Gasteiger partial charge on any atom is -0.352 e. The highest BCUT2D eigenvalue weighted by atomic mass is 32.2. The molecule has 0 radical (unpaired) electrons. The second-order valence-electron chi connectivity index (χ2n) is 6.74. The van der Waals surface area contributed by atoms with Gasteiger partial charge in [-0.2, -0.15) is 9.40 Å². The lowest BCUT2D eigenvalue weighted by Gasteiger charge is -2.33. The van der Waals surface area contributed by atoms with E-state index in [0.29, 0.717) is 31.6 Å². The Bertz CT molecular complexity index is 892. The Hall–Kier alpha value is -2.26. The molecule has 0 spiro atoms. The van der Waals surface area contributed by atoms with E-state index in [9.17, 15) is 13.2 Å². The van der Waals surface area contributed by atoms with Crippen molar-refractivity contribution in [1.82, 2.24) is 24.4 Å². The van der Waals surface area contributed by atoms with E-state index in [-0.39, 0.29) is 17.2 Å². The van der Waals surface area contributed by atoms with Gasteiger partial charge in [0.1, 0.15) is 0 Å². The predicted molar refractivity (Wildman–Crippen MR) is 94.8 cm³/mol. The number of hydrogen-bond donors (Lipinski definition) is 1. The Kier molecular flexibility index (Phi) is 4.49. The van der Waals surface area contributed by atoms with Crippen LogP contribution in [0.4, 0.5) is 0 Å². The lowest BCUT2D eigenvalue weighted by atomic mass is 10.1. The van der Waals surface area contributed by atoms with Gasteiger partial charge >= 0.3 is 0 Å². The molecule has 0 bridgehead atoms. The summed E-state index contributed by atoms with van der Waals surface area (Å²) in [7, 11) is -3.23. The summed E-state index contributed by atoms with van der Waals surface area (Å²) < 4.78 is 28.7. The third-order valence-electron chi connectivity index (χ3n) is 4.84. The molecular formula is C17H21N5O3S. The number of nitrogens with zero attached hydrogens (tertiary/aromatic N) is 4. The largest absolute Gasteiger partial charge is 0.352 e. The second-order valence-corrected chi connectivity index (χ2v) is 8.96. The van der Waals surface area contributed by atoms with E-state index in [1.165, 1.54) is 6.20 Å². The highest BCUT2D eigenvalue weighted by molar-refractivity contribution is 7.90. The molecule has 1 fully saturated rings. The molecule has 1 unspecified atom stereocenters. The van der Waals surface area contributed by atoms with Crippen molar-refractivity contribution < 1.29 is 13.2 Å². The van der Waals surface area contributed by atoms with Crippen LogP contribution in [0.3, 0.4) is 0 Å². The summed E-state index contributed by atoms with van der Waals surface area (Å²) in [5.41, 5.74) is 1.40. The first-order chi connectivity index (χ1) is 12.6. The quantitative estimate of drug-likeness (QED) is 0.811. The molecule has 2 aromatic heterocycles. The van der Waals surface area contributed by atoms with Gasteiger partial charge in [0.25, 0.3) is 5.91 Å². The minimum absolute atomic E-state index is 0.0866. The van der Waals surface area contributed by atoms with Crippen molar-refractivity contribution in [2.45, 2.75) is 37.1 Å².